The standard InChI is InChI=1S/C24H39N3O/c1-4-6-8-27(9-7-5-2)17-22(16-25)23(28)26-18(3)24-13-19-10-20(14-24)12-21(11-19)15-24/h17-21H,4-15H2,1-3H3,(H,26,28)/b22-17-. The van der Waals surface area contributed by atoms with E-state index in [9.17, 15) is 10.1 Å². The van der Waals surface area contributed by atoms with E-state index in [0.29, 0.717) is 0 Å². The number of hydrogen-bond acceptors (Lipinski definition) is 3. The van der Waals surface area contributed by atoms with Gasteiger partial charge in [-0.15, -0.1) is 0 Å². The number of carbonyl (C=O) groups excluding carboxylic acids is 1. The third kappa shape index (κ3) is 4.73. The molecule has 4 bridgehead atoms. The van der Waals surface area contributed by atoms with Gasteiger partial charge in [-0.25, -0.2) is 0 Å². The van der Waals surface area contributed by atoms with Gasteiger partial charge in [0.15, 0.2) is 0 Å². The molecule has 0 saturated heterocycles. The fourth-order valence-electron chi connectivity index (χ4n) is 6.42. The average molecular weight is 386 g/mol. The molecule has 4 rings (SSSR count). The molecule has 1 atom stereocenters. The van der Waals surface area contributed by atoms with Crippen LogP contribution in [0.25, 0.3) is 0 Å². The average Bonchev–Trinajstić information content (AvgIpc) is 2.66. The van der Waals surface area contributed by atoms with Crippen LogP contribution in [0.2, 0.25) is 0 Å². The van der Waals surface area contributed by atoms with Crippen LogP contribution >= 0.6 is 0 Å². The summed E-state index contributed by atoms with van der Waals surface area (Å²) in [5, 5.41) is 12.9. The van der Waals surface area contributed by atoms with Crippen LogP contribution in [0.3, 0.4) is 0 Å². The molecule has 0 aromatic rings. The number of rotatable bonds is 10. The summed E-state index contributed by atoms with van der Waals surface area (Å²) in [6, 6.07) is 2.33. The molecule has 4 aliphatic carbocycles. The van der Waals surface area contributed by atoms with E-state index in [-0.39, 0.29) is 22.9 Å². The molecule has 4 saturated carbocycles. The highest BCUT2D eigenvalue weighted by atomic mass is 16.1. The molecule has 28 heavy (non-hydrogen) atoms. The minimum absolute atomic E-state index is 0.157. The van der Waals surface area contributed by atoms with E-state index in [2.05, 4.69) is 37.1 Å². The summed E-state index contributed by atoms with van der Waals surface area (Å²) in [5.74, 6) is 2.43. The van der Waals surface area contributed by atoms with Crippen LogP contribution in [-0.2, 0) is 4.79 Å². The Labute approximate surface area is 171 Å². The first kappa shape index (κ1) is 21.2. The maximum atomic E-state index is 12.9. The van der Waals surface area contributed by atoms with Gasteiger partial charge >= 0.3 is 0 Å². The number of carbonyl (C=O) groups is 1. The van der Waals surface area contributed by atoms with Gasteiger partial charge in [0.25, 0.3) is 5.91 Å². The highest BCUT2D eigenvalue weighted by Gasteiger charge is 2.53. The molecule has 4 aliphatic rings. The molecule has 1 unspecified atom stereocenters. The van der Waals surface area contributed by atoms with Crippen molar-refractivity contribution in [2.45, 2.75) is 91.0 Å². The Morgan fingerprint density at radius 2 is 1.61 bits per heavy atom. The zero-order chi connectivity index (χ0) is 20.1. The van der Waals surface area contributed by atoms with Gasteiger partial charge in [-0.1, -0.05) is 26.7 Å². The number of unbranched alkanes of at least 4 members (excludes halogenated alkanes) is 2. The van der Waals surface area contributed by atoms with Crippen LogP contribution in [-0.4, -0.2) is 29.9 Å². The highest BCUT2D eigenvalue weighted by Crippen LogP contribution is 2.61. The SMILES string of the molecule is CCCCN(/C=C(/C#N)C(=O)NC(C)C12CC3CC(CC(C3)C1)C2)CCCC. The summed E-state index contributed by atoms with van der Waals surface area (Å²) < 4.78 is 0. The van der Waals surface area contributed by atoms with Crippen molar-refractivity contribution in [2.75, 3.05) is 13.1 Å². The normalized spacial score (nSPS) is 32.1. The molecule has 0 radical (unpaired) electrons. The van der Waals surface area contributed by atoms with Crippen LogP contribution in [0, 0.1) is 34.5 Å². The van der Waals surface area contributed by atoms with E-state index in [1.807, 2.05) is 6.20 Å². The molecular weight excluding hydrogens is 346 g/mol. The van der Waals surface area contributed by atoms with Crippen LogP contribution < -0.4 is 5.32 Å². The van der Waals surface area contributed by atoms with Gasteiger partial charge in [0.1, 0.15) is 11.6 Å². The van der Waals surface area contributed by atoms with Crippen molar-refractivity contribution in [3.63, 3.8) is 0 Å². The van der Waals surface area contributed by atoms with Crippen LogP contribution in [0.4, 0.5) is 0 Å². The summed E-state index contributed by atoms with van der Waals surface area (Å²) >= 11 is 0. The fourth-order valence-corrected chi connectivity index (χ4v) is 6.42. The summed E-state index contributed by atoms with van der Waals surface area (Å²) in [7, 11) is 0. The van der Waals surface area contributed by atoms with E-state index in [4.69, 9.17) is 0 Å². The Morgan fingerprint density at radius 1 is 1.11 bits per heavy atom. The molecule has 0 spiro atoms. The summed E-state index contributed by atoms with van der Waals surface area (Å²) in [6.45, 7) is 8.37. The predicted molar refractivity (Wildman–Crippen MR) is 113 cm³/mol. The lowest BCUT2D eigenvalue weighted by Crippen LogP contribution is -2.56. The molecule has 1 N–H and O–H groups in total. The van der Waals surface area contributed by atoms with Gasteiger partial charge in [-0.2, -0.15) is 5.26 Å². The Hall–Kier alpha value is -1.50. The number of amides is 1. The Balaban J connectivity index is 1.65. The van der Waals surface area contributed by atoms with Crippen molar-refractivity contribution < 1.29 is 4.79 Å². The molecule has 4 fully saturated rings. The molecule has 0 aromatic carbocycles. The number of hydrogen-bond donors (Lipinski definition) is 1. The zero-order valence-electron chi connectivity index (χ0n) is 18.2. The van der Waals surface area contributed by atoms with Gasteiger partial charge < -0.3 is 10.2 Å². The van der Waals surface area contributed by atoms with Gasteiger partial charge in [-0.05, 0) is 81.5 Å². The number of nitriles is 1. The molecule has 0 heterocycles. The molecule has 4 heteroatoms. The van der Waals surface area contributed by atoms with Crippen LogP contribution in [0.5, 0.6) is 0 Å². The summed E-state index contributed by atoms with van der Waals surface area (Å²) in [6.07, 6.45) is 14.3. The van der Waals surface area contributed by atoms with Crippen molar-refractivity contribution in [2.24, 2.45) is 23.2 Å². The summed E-state index contributed by atoms with van der Waals surface area (Å²) in [4.78, 5) is 15.1. The van der Waals surface area contributed by atoms with E-state index < -0.39 is 0 Å². The quantitative estimate of drug-likeness (QED) is 0.424. The second kappa shape index (κ2) is 9.33. The van der Waals surface area contributed by atoms with Gasteiger partial charge in [0.05, 0.1) is 0 Å². The topological polar surface area (TPSA) is 56.1 Å². The van der Waals surface area contributed by atoms with Crippen molar-refractivity contribution in [3.05, 3.63) is 11.8 Å². The van der Waals surface area contributed by atoms with E-state index >= 15 is 0 Å². The van der Waals surface area contributed by atoms with E-state index in [1.54, 1.807) is 0 Å². The Bertz CT molecular complexity index is 575. The molecular formula is C24H39N3O. The summed E-state index contributed by atoms with van der Waals surface area (Å²) in [5.41, 5.74) is 0.540. The molecule has 1 amide bonds. The maximum Gasteiger partial charge on any atom is 0.263 e. The lowest BCUT2D eigenvalue weighted by Gasteiger charge is -2.59. The lowest BCUT2D eigenvalue weighted by atomic mass is 9.48. The zero-order valence-corrected chi connectivity index (χ0v) is 18.2. The Morgan fingerprint density at radius 3 is 2.04 bits per heavy atom. The highest BCUT2D eigenvalue weighted by molar-refractivity contribution is 5.97. The smallest absolute Gasteiger partial charge is 0.263 e. The van der Waals surface area contributed by atoms with Gasteiger partial charge in [-0.3, -0.25) is 4.79 Å². The van der Waals surface area contributed by atoms with Gasteiger partial charge in [0, 0.05) is 25.3 Å². The first-order chi connectivity index (χ1) is 13.5. The van der Waals surface area contributed by atoms with Crippen molar-refractivity contribution in [1.82, 2.24) is 10.2 Å². The monoisotopic (exact) mass is 385 g/mol. The fraction of sp³-hybridized carbons (Fsp3) is 0.833. The van der Waals surface area contributed by atoms with E-state index in [1.165, 1.54) is 38.5 Å². The van der Waals surface area contributed by atoms with Crippen molar-refractivity contribution >= 4 is 5.91 Å². The van der Waals surface area contributed by atoms with Crippen LogP contribution in [0.1, 0.15) is 85.0 Å². The largest absolute Gasteiger partial charge is 0.376 e. The minimum atomic E-state index is -0.177. The number of nitrogens with zero attached hydrogens (tertiary/aromatic N) is 2. The molecule has 0 aromatic heterocycles. The molecule has 0 aliphatic heterocycles. The lowest BCUT2D eigenvalue weighted by molar-refractivity contribution is -0.122. The predicted octanol–water partition coefficient (Wildman–Crippen LogP) is 5.02. The first-order valence-corrected chi connectivity index (χ1v) is 11.7. The van der Waals surface area contributed by atoms with E-state index in [0.717, 1.165) is 56.5 Å². The Kier molecular flexibility index (Phi) is 7.07. The van der Waals surface area contributed by atoms with Crippen LogP contribution in [0.15, 0.2) is 11.8 Å². The maximum absolute atomic E-state index is 12.9. The molecule has 156 valence electrons. The second-order valence-electron chi connectivity index (χ2n) is 9.87. The third-order valence-corrected chi connectivity index (χ3v) is 7.63. The number of nitrogens with one attached hydrogen (secondary N) is 1. The second-order valence-corrected chi connectivity index (χ2v) is 9.87. The van der Waals surface area contributed by atoms with Crippen molar-refractivity contribution in [1.29, 1.82) is 5.26 Å². The van der Waals surface area contributed by atoms with Gasteiger partial charge in [0.2, 0.25) is 0 Å². The first-order valence-electron chi connectivity index (χ1n) is 11.7. The minimum Gasteiger partial charge on any atom is -0.376 e. The molecule has 4 nitrogen and oxygen atoms in total. The van der Waals surface area contributed by atoms with Crippen molar-refractivity contribution in [3.8, 4) is 6.07 Å². The third-order valence-electron chi connectivity index (χ3n) is 7.63.